The number of nitrogens with zero attached hydrogens (tertiary/aromatic N) is 2. The summed E-state index contributed by atoms with van der Waals surface area (Å²) in [5.74, 6) is 0.143. The summed E-state index contributed by atoms with van der Waals surface area (Å²) in [5.41, 5.74) is 13.5. The molecule has 1 aliphatic heterocycles. The molecule has 0 atom stereocenters. The molecular formula is C15H24N4OS. The van der Waals surface area contributed by atoms with E-state index in [9.17, 15) is 4.79 Å². The molecule has 1 amide bonds. The fourth-order valence-electron chi connectivity index (χ4n) is 3.21. The van der Waals surface area contributed by atoms with E-state index in [0.29, 0.717) is 22.5 Å². The molecular weight excluding hydrogens is 284 g/mol. The van der Waals surface area contributed by atoms with Crippen LogP contribution in [0.2, 0.25) is 0 Å². The fraction of sp³-hybridized carbons (Fsp3) is 0.667. The normalized spacial score (nSPS) is 20.2. The Labute approximate surface area is 129 Å². The first kappa shape index (κ1) is 14.7. The Kier molecular flexibility index (Phi) is 3.84. The zero-order chi connectivity index (χ0) is 15.1. The fourth-order valence-corrected chi connectivity index (χ4v) is 4.43. The van der Waals surface area contributed by atoms with Gasteiger partial charge in [-0.05, 0) is 45.7 Å². The second-order valence-electron chi connectivity index (χ2n) is 6.38. The number of anilines is 2. The van der Waals surface area contributed by atoms with Gasteiger partial charge in [0.25, 0.3) is 5.91 Å². The van der Waals surface area contributed by atoms with Crippen molar-refractivity contribution < 1.29 is 4.79 Å². The molecule has 0 unspecified atom stereocenters. The van der Waals surface area contributed by atoms with E-state index in [1.54, 1.807) is 0 Å². The lowest BCUT2D eigenvalue weighted by atomic mass is 10.0. The molecule has 116 valence electrons. The second-order valence-corrected chi connectivity index (χ2v) is 7.38. The van der Waals surface area contributed by atoms with E-state index in [1.165, 1.54) is 34.7 Å². The first-order valence-corrected chi connectivity index (χ1v) is 8.44. The lowest BCUT2D eigenvalue weighted by molar-refractivity contribution is 0.100. The minimum absolute atomic E-state index is 0.395. The van der Waals surface area contributed by atoms with Crippen LogP contribution in [0.3, 0.4) is 0 Å². The van der Waals surface area contributed by atoms with Gasteiger partial charge < -0.3 is 21.3 Å². The number of nitrogen functional groups attached to an aromatic ring is 1. The van der Waals surface area contributed by atoms with Crippen LogP contribution in [0, 0.1) is 0 Å². The minimum atomic E-state index is -0.395. The highest BCUT2D eigenvalue weighted by molar-refractivity contribution is 7.18. The van der Waals surface area contributed by atoms with E-state index in [2.05, 4.69) is 23.9 Å². The highest BCUT2D eigenvalue weighted by Crippen LogP contribution is 2.52. The van der Waals surface area contributed by atoms with Crippen LogP contribution in [-0.4, -0.2) is 44.0 Å². The second kappa shape index (κ2) is 5.50. The number of hydrogen-bond acceptors (Lipinski definition) is 5. The van der Waals surface area contributed by atoms with Gasteiger partial charge in [0.15, 0.2) is 0 Å². The molecule has 0 aromatic carbocycles. The van der Waals surface area contributed by atoms with Gasteiger partial charge in [-0.2, -0.15) is 0 Å². The zero-order valence-electron chi connectivity index (χ0n) is 12.8. The van der Waals surface area contributed by atoms with Gasteiger partial charge in [-0.3, -0.25) is 4.79 Å². The van der Waals surface area contributed by atoms with E-state index in [-0.39, 0.29) is 0 Å². The third-order valence-corrected chi connectivity index (χ3v) is 5.95. The molecule has 2 fully saturated rings. The predicted molar refractivity (Wildman–Crippen MR) is 88.1 cm³/mol. The lowest BCUT2D eigenvalue weighted by Gasteiger charge is -2.36. The molecule has 1 saturated carbocycles. The molecule has 0 spiro atoms. The molecule has 3 rings (SSSR count). The average Bonchev–Trinajstić information content (AvgIpc) is 3.22. The molecule has 1 saturated heterocycles. The summed E-state index contributed by atoms with van der Waals surface area (Å²) in [5, 5.41) is 1.20. The van der Waals surface area contributed by atoms with Gasteiger partial charge >= 0.3 is 0 Å². The van der Waals surface area contributed by atoms with E-state index >= 15 is 0 Å². The maximum atomic E-state index is 11.6. The Bertz CT molecular complexity index is 542. The Morgan fingerprint density at radius 3 is 2.33 bits per heavy atom. The Hall–Kier alpha value is -1.27. The third-order valence-electron chi connectivity index (χ3n) is 4.66. The van der Waals surface area contributed by atoms with E-state index in [0.717, 1.165) is 25.9 Å². The third kappa shape index (κ3) is 2.74. The van der Waals surface area contributed by atoms with Gasteiger partial charge in [-0.1, -0.05) is 0 Å². The summed E-state index contributed by atoms with van der Waals surface area (Å²) in [4.78, 5) is 16.8. The van der Waals surface area contributed by atoms with Crippen molar-refractivity contribution in [2.75, 3.05) is 37.8 Å². The Morgan fingerprint density at radius 1 is 1.24 bits per heavy atom. The Morgan fingerprint density at radius 2 is 1.86 bits per heavy atom. The predicted octanol–water partition coefficient (Wildman–Crippen LogP) is 1.84. The van der Waals surface area contributed by atoms with E-state index < -0.39 is 5.91 Å². The standard InChI is InChI=1S/C15H24N4OS/c1-18(2)10-5-7-19(8-6-10)15-11(9-3-4-9)12(16)13(21-15)14(17)20/h9-10H,3-8,16H2,1-2H3,(H2,17,20). The number of carbonyl (C=O) groups excluding carboxylic acids is 1. The molecule has 2 aliphatic rings. The number of rotatable bonds is 4. The monoisotopic (exact) mass is 308 g/mol. The first-order valence-electron chi connectivity index (χ1n) is 7.62. The molecule has 0 bridgehead atoms. The summed E-state index contributed by atoms with van der Waals surface area (Å²) in [6.45, 7) is 2.06. The highest BCUT2D eigenvalue weighted by Gasteiger charge is 2.35. The molecule has 4 N–H and O–H groups in total. The van der Waals surface area contributed by atoms with Crippen molar-refractivity contribution in [2.24, 2.45) is 5.73 Å². The minimum Gasteiger partial charge on any atom is -0.397 e. The molecule has 1 aliphatic carbocycles. The van der Waals surface area contributed by atoms with Crippen molar-refractivity contribution in [1.82, 2.24) is 4.90 Å². The maximum absolute atomic E-state index is 11.6. The van der Waals surface area contributed by atoms with Crippen molar-refractivity contribution >= 4 is 27.9 Å². The SMILES string of the molecule is CN(C)C1CCN(c2sc(C(N)=O)c(N)c2C2CC2)CC1. The van der Waals surface area contributed by atoms with Gasteiger partial charge in [0.05, 0.1) is 10.7 Å². The van der Waals surface area contributed by atoms with Crippen molar-refractivity contribution in [3.8, 4) is 0 Å². The van der Waals surface area contributed by atoms with Gasteiger partial charge in [-0.25, -0.2) is 0 Å². The van der Waals surface area contributed by atoms with Crippen LogP contribution < -0.4 is 16.4 Å². The van der Waals surface area contributed by atoms with Crippen LogP contribution in [-0.2, 0) is 0 Å². The highest BCUT2D eigenvalue weighted by atomic mass is 32.1. The topological polar surface area (TPSA) is 75.6 Å². The molecule has 1 aromatic heterocycles. The lowest BCUT2D eigenvalue weighted by Crippen LogP contribution is -2.42. The molecule has 1 aromatic rings. The average molecular weight is 308 g/mol. The number of amides is 1. The van der Waals surface area contributed by atoms with Crippen molar-refractivity contribution in [3.63, 3.8) is 0 Å². The van der Waals surface area contributed by atoms with Crippen LogP contribution in [0.4, 0.5) is 10.7 Å². The summed E-state index contributed by atoms with van der Waals surface area (Å²) in [7, 11) is 4.29. The number of nitrogens with two attached hydrogens (primary N) is 2. The van der Waals surface area contributed by atoms with Crippen molar-refractivity contribution in [2.45, 2.75) is 37.6 Å². The quantitative estimate of drug-likeness (QED) is 0.890. The smallest absolute Gasteiger partial charge is 0.260 e. The number of hydrogen-bond donors (Lipinski definition) is 2. The molecule has 5 nitrogen and oxygen atoms in total. The number of thiophene rings is 1. The van der Waals surface area contributed by atoms with Crippen molar-refractivity contribution in [3.05, 3.63) is 10.4 Å². The molecule has 0 radical (unpaired) electrons. The molecule has 6 heteroatoms. The molecule has 2 heterocycles. The van der Waals surface area contributed by atoms with E-state index in [4.69, 9.17) is 11.5 Å². The maximum Gasteiger partial charge on any atom is 0.260 e. The summed E-state index contributed by atoms with van der Waals surface area (Å²) in [6, 6.07) is 0.651. The molecule has 21 heavy (non-hydrogen) atoms. The van der Waals surface area contributed by atoms with E-state index in [1.807, 2.05) is 0 Å². The van der Waals surface area contributed by atoms with Crippen LogP contribution in [0.25, 0.3) is 0 Å². The van der Waals surface area contributed by atoms with Crippen LogP contribution >= 0.6 is 11.3 Å². The summed E-state index contributed by atoms with van der Waals surface area (Å²) in [6.07, 6.45) is 4.67. The summed E-state index contributed by atoms with van der Waals surface area (Å²) >= 11 is 1.49. The van der Waals surface area contributed by atoms with Crippen molar-refractivity contribution in [1.29, 1.82) is 0 Å². The van der Waals surface area contributed by atoms with Crippen LogP contribution in [0.15, 0.2) is 0 Å². The van der Waals surface area contributed by atoms with Gasteiger partial charge in [0.1, 0.15) is 4.88 Å². The first-order chi connectivity index (χ1) is 9.99. The largest absolute Gasteiger partial charge is 0.397 e. The zero-order valence-corrected chi connectivity index (χ0v) is 13.6. The number of primary amides is 1. The Balaban J connectivity index is 1.85. The summed E-state index contributed by atoms with van der Waals surface area (Å²) < 4.78 is 0. The van der Waals surface area contributed by atoms with Crippen LogP contribution in [0.5, 0.6) is 0 Å². The number of carbonyl (C=O) groups is 1. The van der Waals surface area contributed by atoms with Gasteiger partial charge in [0.2, 0.25) is 0 Å². The number of piperidine rings is 1. The van der Waals surface area contributed by atoms with Crippen LogP contribution in [0.1, 0.15) is 46.8 Å². The van der Waals surface area contributed by atoms with Gasteiger partial charge in [-0.15, -0.1) is 11.3 Å². The van der Waals surface area contributed by atoms with Gasteiger partial charge in [0, 0.05) is 24.7 Å².